The van der Waals surface area contributed by atoms with Gasteiger partial charge in [0, 0.05) is 11.5 Å². The summed E-state index contributed by atoms with van der Waals surface area (Å²) >= 11 is 0. The predicted octanol–water partition coefficient (Wildman–Crippen LogP) is 6.77. The lowest BCUT2D eigenvalue weighted by atomic mass is 9.84. The van der Waals surface area contributed by atoms with E-state index in [4.69, 9.17) is 0 Å². The fourth-order valence-electron chi connectivity index (χ4n) is 4.69. The van der Waals surface area contributed by atoms with Crippen molar-refractivity contribution in [2.45, 2.75) is 93.9 Å². The number of carboxylic acids is 2. The molecule has 0 fully saturated rings. The second-order valence-corrected chi connectivity index (χ2v) is 10.1. The molecule has 0 rings (SSSR count). The van der Waals surface area contributed by atoms with Crippen molar-refractivity contribution in [1.29, 1.82) is 0 Å². The number of Topliss-reactive ketones (excluding diaryl/α,β-unsaturated/α-hetero) is 1. The van der Waals surface area contributed by atoms with Gasteiger partial charge in [0.25, 0.3) is 0 Å². The molecule has 5 heteroatoms. The number of allylic oxidation sites excluding steroid dienone is 3. The maximum absolute atomic E-state index is 12.4. The third-order valence-electron chi connectivity index (χ3n) is 6.37. The first-order chi connectivity index (χ1) is 14.8. The summed E-state index contributed by atoms with van der Waals surface area (Å²) in [6.07, 6.45) is 8.67. The Morgan fingerprint density at radius 1 is 0.812 bits per heavy atom. The number of hydrogen-bond donors (Lipinski definition) is 2. The largest absolute Gasteiger partial charge is 0.481 e. The lowest BCUT2D eigenvalue weighted by Crippen LogP contribution is -2.28. The third kappa shape index (κ3) is 11.6. The van der Waals surface area contributed by atoms with Crippen LogP contribution in [0.4, 0.5) is 0 Å². The quantitative estimate of drug-likeness (QED) is 0.154. The van der Waals surface area contributed by atoms with E-state index >= 15 is 0 Å². The summed E-state index contributed by atoms with van der Waals surface area (Å²) in [4.78, 5) is 35.4. The topological polar surface area (TPSA) is 91.7 Å². The lowest BCUT2D eigenvalue weighted by molar-refractivity contribution is -0.147. The van der Waals surface area contributed by atoms with Gasteiger partial charge in [0.2, 0.25) is 0 Å². The van der Waals surface area contributed by atoms with Crippen LogP contribution >= 0.6 is 0 Å². The zero-order valence-corrected chi connectivity index (χ0v) is 21.5. The first-order valence-electron chi connectivity index (χ1n) is 12.2. The molecule has 0 aliphatic carbocycles. The molecule has 0 aromatic rings. The van der Waals surface area contributed by atoms with E-state index in [1.165, 1.54) is 19.3 Å². The van der Waals surface area contributed by atoms with Crippen molar-refractivity contribution >= 4 is 17.7 Å². The van der Waals surface area contributed by atoms with E-state index in [2.05, 4.69) is 40.7 Å². The first-order valence-corrected chi connectivity index (χ1v) is 12.2. The molecule has 6 atom stereocenters. The van der Waals surface area contributed by atoms with Gasteiger partial charge in [-0.2, -0.15) is 0 Å². The number of carbonyl (C=O) groups is 3. The van der Waals surface area contributed by atoms with Gasteiger partial charge < -0.3 is 10.2 Å². The van der Waals surface area contributed by atoms with Gasteiger partial charge >= 0.3 is 11.9 Å². The van der Waals surface area contributed by atoms with E-state index in [1.807, 2.05) is 6.92 Å². The third-order valence-corrected chi connectivity index (χ3v) is 6.37. The Balaban J connectivity index is 5.10. The van der Waals surface area contributed by atoms with Crippen molar-refractivity contribution in [2.75, 3.05) is 0 Å². The van der Waals surface area contributed by atoms with Gasteiger partial charge in [-0.05, 0) is 68.8 Å². The number of carboxylic acid groups (broad SMARTS) is 2. The van der Waals surface area contributed by atoms with Crippen LogP contribution in [-0.2, 0) is 14.4 Å². The molecule has 0 radical (unpaired) electrons. The fraction of sp³-hybridized carbons (Fsp3) is 0.741. The van der Waals surface area contributed by atoms with E-state index in [9.17, 15) is 24.6 Å². The van der Waals surface area contributed by atoms with Crippen LogP contribution in [0.3, 0.4) is 0 Å². The average molecular weight is 451 g/mol. The SMILES string of the molecule is CCC(C)CC(C)CC(C)CC(C)/C=C(C)/C=C(/CC(C)C(=O)[C@@H](CC)C(=O)O)C(=O)O. The summed E-state index contributed by atoms with van der Waals surface area (Å²) in [5.74, 6) is -2.00. The highest BCUT2D eigenvalue weighted by atomic mass is 16.4. The zero-order valence-electron chi connectivity index (χ0n) is 21.5. The summed E-state index contributed by atoms with van der Waals surface area (Å²) in [6, 6.07) is 0. The van der Waals surface area contributed by atoms with Crippen molar-refractivity contribution in [3.05, 3.63) is 23.3 Å². The van der Waals surface area contributed by atoms with Crippen LogP contribution in [0.2, 0.25) is 0 Å². The van der Waals surface area contributed by atoms with Gasteiger partial charge in [-0.1, -0.05) is 66.5 Å². The Kier molecular flexibility index (Phi) is 14.1. The van der Waals surface area contributed by atoms with Crippen LogP contribution in [0.5, 0.6) is 0 Å². The van der Waals surface area contributed by atoms with E-state index < -0.39 is 29.6 Å². The molecule has 0 aromatic carbocycles. The molecule has 32 heavy (non-hydrogen) atoms. The summed E-state index contributed by atoms with van der Waals surface area (Å²) < 4.78 is 0. The Morgan fingerprint density at radius 3 is 1.81 bits per heavy atom. The van der Waals surface area contributed by atoms with Crippen molar-refractivity contribution < 1.29 is 24.6 Å². The smallest absolute Gasteiger partial charge is 0.331 e. The van der Waals surface area contributed by atoms with Crippen LogP contribution in [0.1, 0.15) is 93.9 Å². The Labute approximate surface area is 195 Å². The monoisotopic (exact) mass is 450 g/mol. The zero-order chi connectivity index (χ0) is 25.0. The fourth-order valence-corrected chi connectivity index (χ4v) is 4.69. The molecule has 5 nitrogen and oxygen atoms in total. The normalized spacial score (nSPS) is 18.4. The second kappa shape index (κ2) is 15.0. The molecule has 0 aliphatic heterocycles. The standard InChI is InChI=1S/C27H46O5/c1-9-17(3)11-18(4)12-19(5)13-20(6)14-21(7)15-23(26(29)30)16-22(8)25(28)24(10-2)27(31)32/h14-15,17-20,22,24H,9-13,16H2,1-8H3,(H,29,30)(H,31,32)/b21-14+,23-15-/t17?,18?,19?,20?,22?,24-/m1/s1. The molecule has 0 saturated heterocycles. The van der Waals surface area contributed by atoms with Crippen LogP contribution in [0, 0.1) is 35.5 Å². The van der Waals surface area contributed by atoms with E-state index in [0.717, 1.165) is 17.9 Å². The summed E-state index contributed by atoms with van der Waals surface area (Å²) in [7, 11) is 0. The molecular weight excluding hydrogens is 404 g/mol. The Morgan fingerprint density at radius 2 is 1.34 bits per heavy atom. The number of hydrogen-bond acceptors (Lipinski definition) is 3. The van der Waals surface area contributed by atoms with Gasteiger partial charge in [0.1, 0.15) is 11.7 Å². The van der Waals surface area contributed by atoms with Gasteiger partial charge in [-0.15, -0.1) is 0 Å². The van der Waals surface area contributed by atoms with Crippen molar-refractivity contribution in [3.63, 3.8) is 0 Å². The molecule has 0 amide bonds. The van der Waals surface area contributed by atoms with E-state index in [0.29, 0.717) is 17.8 Å². The molecule has 0 heterocycles. The number of aliphatic carboxylic acids is 2. The minimum absolute atomic E-state index is 0.0288. The molecule has 5 unspecified atom stereocenters. The summed E-state index contributed by atoms with van der Waals surface area (Å²) in [6.45, 7) is 16.4. The van der Waals surface area contributed by atoms with E-state index in [1.54, 1.807) is 19.9 Å². The van der Waals surface area contributed by atoms with Crippen LogP contribution in [-0.4, -0.2) is 27.9 Å². The van der Waals surface area contributed by atoms with E-state index in [-0.39, 0.29) is 18.4 Å². The number of rotatable bonds is 16. The molecule has 0 aliphatic rings. The molecule has 184 valence electrons. The van der Waals surface area contributed by atoms with Gasteiger partial charge in [0.15, 0.2) is 0 Å². The first kappa shape index (κ1) is 30.1. The number of carbonyl (C=O) groups excluding carboxylic acids is 1. The Hall–Kier alpha value is -1.91. The van der Waals surface area contributed by atoms with Gasteiger partial charge in [0.05, 0.1) is 0 Å². The van der Waals surface area contributed by atoms with Gasteiger partial charge in [-0.3, -0.25) is 9.59 Å². The van der Waals surface area contributed by atoms with Crippen LogP contribution < -0.4 is 0 Å². The summed E-state index contributed by atoms with van der Waals surface area (Å²) in [5, 5.41) is 18.8. The average Bonchev–Trinajstić information content (AvgIpc) is 2.66. The minimum atomic E-state index is -1.15. The highest BCUT2D eigenvalue weighted by molar-refractivity contribution is 6.00. The van der Waals surface area contributed by atoms with Crippen molar-refractivity contribution in [1.82, 2.24) is 0 Å². The number of ketones is 1. The maximum Gasteiger partial charge on any atom is 0.331 e. The van der Waals surface area contributed by atoms with Crippen molar-refractivity contribution in [2.24, 2.45) is 35.5 Å². The summed E-state index contributed by atoms with van der Waals surface area (Å²) in [5.41, 5.74) is 1.00. The molecule has 0 bridgehead atoms. The minimum Gasteiger partial charge on any atom is -0.481 e. The van der Waals surface area contributed by atoms with Crippen molar-refractivity contribution in [3.8, 4) is 0 Å². The van der Waals surface area contributed by atoms with Crippen LogP contribution in [0.15, 0.2) is 23.3 Å². The molecule has 0 spiro atoms. The second-order valence-electron chi connectivity index (χ2n) is 10.1. The highest BCUT2D eigenvalue weighted by Crippen LogP contribution is 2.26. The van der Waals surface area contributed by atoms with Gasteiger partial charge in [-0.25, -0.2) is 4.79 Å². The lowest BCUT2D eigenvalue weighted by Gasteiger charge is -2.21. The highest BCUT2D eigenvalue weighted by Gasteiger charge is 2.29. The molecular formula is C27H46O5. The Bertz CT molecular complexity index is 676. The van der Waals surface area contributed by atoms with Crippen LogP contribution in [0.25, 0.3) is 0 Å². The predicted molar refractivity (Wildman–Crippen MR) is 130 cm³/mol. The molecule has 0 saturated carbocycles. The maximum atomic E-state index is 12.4. The molecule has 2 N–H and O–H groups in total. The molecule has 0 aromatic heterocycles.